The smallest absolute Gasteiger partial charge is 0.307 e. The maximum absolute atomic E-state index is 13.0. The molecule has 0 unspecified atom stereocenters. The van der Waals surface area contributed by atoms with Gasteiger partial charge in [-0.3, -0.25) is 14.4 Å². The molecule has 152 valence electrons. The molecule has 0 saturated heterocycles. The van der Waals surface area contributed by atoms with Gasteiger partial charge < -0.3 is 10.1 Å². The van der Waals surface area contributed by atoms with Crippen molar-refractivity contribution in [3.8, 4) is 0 Å². The van der Waals surface area contributed by atoms with Crippen LogP contribution in [0.15, 0.2) is 84.9 Å². The van der Waals surface area contributed by atoms with Crippen molar-refractivity contribution in [2.75, 3.05) is 5.32 Å². The average Bonchev–Trinajstić information content (AvgIpc) is 2.77. The van der Waals surface area contributed by atoms with Crippen molar-refractivity contribution in [3.63, 3.8) is 0 Å². The number of benzene rings is 3. The Bertz CT molecular complexity index is 1000. The monoisotopic (exact) mass is 421 g/mol. The summed E-state index contributed by atoms with van der Waals surface area (Å²) in [7, 11) is 0. The van der Waals surface area contributed by atoms with Crippen LogP contribution in [0.4, 0.5) is 5.69 Å². The van der Waals surface area contributed by atoms with Gasteiger partial charge in [0.05, 0.1) is 6.42 Å². The molecule has 30 heavy (non-hydrogen) atoms. The molecule has 3 aromatic rings. The van der Waals surface area contributed by atoms with E-state index < -0.39 is 12.1 Å². The van der Waals surface area contributed by atoms with Crippen molar-refractivity contribution in [2.24, 2.45) is 0 Å². The molecule has 0 radical (unpaired) electrons. The molecule has 0 fully saturated rings. The van der Waals surface area contributed by atoms with E-state index in [1.165, 1.54) is 0 Å². The fourth-order valence-electron chi connectivity index (χ4n) is 2.82. The first-order chi connectivity index (χ1) is 14.5. The summed E-state index contributed by atoms with van der Waals surface area (Å²) in [6, 6.07) is 24.1. The third kappa shape index (κ3) is 6.03. The van der Waals surface area contributed by atoms with Crippen LogP contribution in [0.25, 0.3) is 0 Å². The minimum Gasteiger partial charge on any atom is -0.449 e. The van der Waals surface area contributed by atoms with Gasteiger partial charge in [0, 0.05) is 28.3 Å². The lowest BCUT2D eigenvalue weighted by atomic mass is 10.00. The van der Waals surface area contributed by atoms with Gasteiger partial charge >= 0.3 is 5.97 Å². The summed E-state index contributed by atoms with van der Waals surface area (Å²) >= 11 is 5.93. The number of rotatable bonds is 8. The maximum atomic E-state index is 13.0. The SMILES string of the molecule is O=C(CCC(=O)O[C@@H](C(=O)c1ccccc1)c1ccc(Cl)cc1)Nc1ccccc1. The van der Waals surface area contributed by atoms with Gasteiger partial charge in [0.25, 0.3) is 0 Å². The summed E-state index contributed by atoms with van der Waals surface area (Å²) in [5.74, 6) is -1.29. The van der Waals surface area contributed by atoms with Gasteiger partial charge in [0.15, 0.2) is 6.10 Å². The second kappa shape index (κ2) is 10.4. The lowest BCUT2D eigenvalue weighted by Gasteiger charge is -2.17. The molecule has 0 aliphatic heterocycles. The van der Waals surface area contributed by atoms with Crippen molar-refractivity contribution >= 4 is 34.9 Å². The van der Waals surface area contributed by atoms with Gasteiger partial charge in [0.2, 0.25) is 11.7 Å². The van der Waals surface area contributed by atoms with Gasteiger partial charge in [-0.05, 0) is 24.3 Å². The number of carbonyl (C=O) groups excluding carboxylic acids is 3. The standard InChI is InChI=1S/C24H20ClNO4/c25-19-13-11-18(12-14-19)24(23(29)17-7-3-1-4-8-17)30-22(28)16-15-21(27)26-20-9-5-2-6-10-20/h1-14,24H,15-16H2,(H,26,27)/t24-/m1/s1. The van der Waals surface area contributed by atoms with Crippen LogP contribution in [0.2, 0.25) is 5.02 Å². The number of hydrogen-bond donors (Lipinski definition) is 1. The molecular formula is C24H20ClNO4. The number of ketones is 1. The van der Waals surface area contributed by atoms with Crippen LogP contribution in [0.1, 0.15) is 34.9 Å². The van der Waals surface area contributed by atoms with E-state index in [2.05, 4.69) is 5.32 Å². The third-order valence-corrected chi connectivity index (χ3v) is 4.58. The topological polar surface area (TPSA) is 72.5 Å². The minimum absolute atomic E-state index is 0.0550. The molecular weight excluding hydrogens is 402 g/mol. The van der Waals surface area contributed by atoms with Gasteiger partial charge in [-0.1, -0.05) is 72.3 Å². The summed E-state index contributed by atoms with van der Waals surface area (Å²) in [6.45, 7) is 0. The van der Waals surface area contributed by atoms with Crippen molar-refractivity contribution in [1.82, 2.24) is 0 Å². The molecule has 0 aliphatic carbocycles. The predicted octanol–water partition coefficient (Wildman–Crippen LogP) is 5.23. The summed E-state index contributed by atoms with van der Waals surface area (Å²) in [5, 5.41) is 3.22. The molecule has 0 aromatic heterocycles. The average molecular weight is 422 g/mol. The molecule has 6 heteroatoms. The van der Waals surface area contributed by atoms with E-state index in [4.69, 9.17) is 16.3 Å². The van der Waals surface area contributed by atoms with Gasteiger partial charge in [-0.15, -0.1) is 0 Å². The van der Waals surface area contributed by atoms with E-state index in [-0.39, 0.29) is 24.5 Å². The van der Waals surface area contributed by atoms with Crippen LogP contribution in [0.5, 0.6) is 0 Å². The van der Waals surface area contributed by atoms with E-state index in [1.807, 2.05) is 6.07 Å². The zero-order valence-electron chi connectivity index (χ0n) is 16.1. The summed E-state index contributed by atoms with van der Waals surface area (Å²) < 4.78 is 5.48. The van der Waals surface area contributed by atoms with Crippen LogP contribution in [0, 0.1) is 0 Å². The number of anilines is 1. The first kappa shape index (κ1) is 21.3. The predicted molar refractivity (Wildman–Crippen MR) is 115 cm³/mol. The van der Waals surface area contributed by atoms with Crippen LogP contribution >= 0.6 is 11.6 Å². The van der Waals surface area contributed by atoms with E-state index in [9.17, 15) is 14.4 Å². The van der Waals surface area contributed by atoms with Crippen LogP contribution in [-0.2, 0) is 14.3 Å². The fourth-order valence-corrected chi connectivity index (χ4v) is 2.94. The first-order valence-electron chi connectivity index (χ1n) is 9.42. The Morgan fingerprint density at radius 3 is 2.03 bits per heavy atom. The van der Waals surface area contributed by atoms with Crippen LogP contribution in [0.3, 0.4) is 0 Å². The molecule has 0 saturated carbocycles. The molecule has 0 aliphatic rings. The van der Waals surface area contributed by atoms with E-state index >= 15 is 0 Å². The quantitative estimate of drug-likeness (QED) is 0.399. The van der Waals surface area contributed by atoms with Crippen molar-refractivity contribution in [2.45, 2.75) is 18.9 Å². The van der Waals surface area contributed by atoms with Crippen LogP contribution in [-0.4, -0.2) is 17.7 Å². The lowest BCUT2D eigenvalue weighted by Crippen LogP contribution is -2.21. The zero-order valence-corrected chi connectivity index (χ0v) is 16.8. The number of Topliss-reactive ketones (excluding diaryl/α,β-unsaturated/α-hetero) is 1. The number of para-hydroxylation sites is 1. The number of esters is 1. The fraction of sp³-hybridized carbons (Fsp3) is 0.125. The molecule has 3 aromatic carbocycles. The summed E-state index contributed by atoms with van der Waals surface area (Å²) in [5.41, 5.74) is 1.58. The second-order valence-electron chi connectivity index (χ2n) is 6.57. The Hall–Kier alpha value is -3.44. The Morgan fingerprint density at radius 1 is 0.800 bits per heavy atom. The molecule has 1 N–H and O–H groups in total. The molecule has 0 bridgehead atoms. The highest BCUT2D eigenvalue weighted by Gasteiger charge is 2.26. The highest BCUT2D eigenvalue weighted by Crippen LogP contribution is 2.25. The molecule has 3 rings (SSSR count). The maximum Gasteiger partial charge on any atom is 0.307 e. The number of hydrogen-bond acceptors (Lipinski definition) is 4. The van der Waals surface area contributed by atoms with Gasteiger partial charge in [-0.25, -0.2) is 0 Å². The molecule has 1 amide bonds. The first-order valence-corrected chi connectivity index (χ1v) is 9.80. The minimum atomic E-state index is -1.12. The van der Waals surface area contributed by atoms with Crippen molar-refractivity contribution in [1.29, 1.82) is 0 Å². The summed E-state index contributed by atoms with van der Waals surface area (Å²) in [6.07, 6.45) is -1.32. The number of halogens is 1. The molecule has 0 heterocycles. The van der Waals surface area contributed by atoms with Crippen molar-refractivity contribution in [3.05, 3.63) is 101 Å². The Balaban J connectivity index is 1.66. The number of nitrogens with one attached hydrogen (secondary N) is 1. The normalized spacial score (nSPS) is 11.4. The Labute approximate surface area is 179 Å². The number of carbonyl (C=O) groups is 3. The highest BCUT2D eigenvalue weighted by molar-refractivity contribution is 6.30. The number of ether oxygens (including phenoxy) is 1. The Morgan fingerprint density at radius 2 is 1.40 bits per heavy atom. The zero-order chi connectivity index (χ0) is 21.3. The van der Waals surface area contributed by atoms with E-state index in [0.29, 0.717) is 21.8 Å². The molecule has 1 atom stereocenters. The van der Waals surface area contributed by atoms with Crippen molar-refractivity contribution < 1.29 is 19.1 Å². The van der Waals surface area contributed by atoms with E-state index in [1.54, 1.807) is 78.9 Å². The lowest BCUT2D eigenvalue weighted by molar-refractivity contribution is -0.148. The Kier molecular flexibility index (Phi) is 7.35. The highest BCUT2D eigenvalue weighted by atomic mass is 35.5. The molecule has 5 nitrogen and oxygen atoms in total. The largest absolute Gasteiger partial charge is 0.449 e. The third-order valence-electron chi connectivity index (χ3n) is 4.33. The number of amides is 1. The molecule has 0 spiro atoms. The van der Waals surface area contributed by atoms with Gasteiger partial charge in [0.1, 0.15) is 0 Å². The van der Waals surface area contributed by atoms with E-state index in [0.717, 1.165) is 0 Å². The van der Waals surface area contributed by atoms with Crippen LogP contribution < -0.4 is 5.32 Å². The van der Waals surface area contributed by atoms with Gasteiger partial charge in [-0.2, -0.15) is 0 Å². The second-order valence-corrected chi connectivity index (χ2v) is 7.00. The summed E-state index contributed by atoms with van der Waals surface area (Å²) in [4.78, 5) is 37.4.